The van der Waals surface area contributed by atoms with Gasteiger partial charge in [-0.05, 0) is 18.8 Å². The molecule has 0 heterocycles. The fourth-order valence-corrected chi connectivity index (χ4v) is 2.50. The maximum Gasteiger partial charge on any atom is -0.0353 e. The van der Waals surface area contributed by atoms with Crippen LogP contribution in [0.25, 0.3) is 0 Å². The van der Waals surface area contributed by atoms with Crippen LogP contribution < -0.4 is 0 Å². The van der Waals surface area contributed by atoms with Crippen molar-refractivity contribution < 1.29 is 0 Å². The Morgan fingerprint density at radius 2 is 1.38 bits per heavy atom. The SMILES string of the molecule is C=CCCCCCCCC(CCC)CCC. The highest BCUT2D eigenvalue weighted by molar-refractivity contribution is 4.65. The van der Waals surface area contributed by atoms with Crippen molar-refractivity contribution in [1.29, 1.82) is 0 Å². The van der Waals surface area contributed by atoms with Gasteiger partial charge >= 0.3 is 0 Å². The summed E-state index contributed by atoms with van der Waals surface area (Å²) in [5, 5.41) is 0. The highest BCUT2D eigenvalue weighted by atomic mass is 14.1. The third kappa shape index (κ3) is 10.3. The molecule has 0 spiro atoms. The van der Waals surface area contributed by atoms with Crippen LogP contribution in [-0.4, -0.2) is 0 Å². The maximum atomic E-state index is 3.76. The van der Waals surface area contributed by atoms with Crippen LogP contribution in [0.5, 0.6) is 0 Å². The lowest BCUT2D eigenvalue weighted by molar-refractivity contribution is 0.391. The van der Waals surface area contributed by atoms with Crippen LogP contribution in [0, 0.1) is 5.92 Å². The van der Waals surface area contributed by atoms with E-state index in [0.717, 1.165) is 5.92 Å². The Labute approximate surface area is 104 Å². The Morgan fingerprint density at radius 3 is 1.94 bits per heavy atom. The second-order valence-electron chi connectivity index (χ2n) is 5.08. The van der Waals surface area contributed by atoms with E-state index in [9.17, 15) is 0 Å². The van der Waals surface area contributed by atoms with Gasteiger partial charge in [0, 0.05) is 0 Å². The minimum atomic E-state index is 1.02. The second kappa shape index (κ2) is 12.8. The van der Waals surface area contributed by atoms with E-state index in [4.69, 9.17) is 0 Å². The van der Waals surface area contributed by atoms with E-state index in [1.807, 2.05) is 6.08 Å². The Morgan fingerprint density at radius 1 is 0.812 bits per heavy atom. The van der Waals surface area contributed by atoms with E-state index in [0.29, 0.717) is 0 Å². The molecule has 0 saturated carbocycles. The largest absolute Gasteiger partial charge is 0.103 e. The van der Waals surface area contributed by atoms with Crippen molar-refractivity contribution in [2.24, 2.45) is 5.92 Å². The molecule has 16 heavy (non-hydrogen) atoms. The second-order valence-corrected chi connectivity index (χ2v) is 5.08. The van der Waals surface area contributed by atoms with Crippen molar-refractivity contribution in [3.8, 4) is 0 Å². The summed E-state index contributed by atoms with van der Waals surface area (Å²) < 4.78 is 0. The van der Waals surface area contributed by atoms with Crippen molar-refractivity contribution in [1.82, 2.24) is 0 Å². The minimum Gasteiger partial charge on any atom is -0.103 e. The predicted octanol–water partition coefficient (Wildman–Crippen LogP) is 6.12. The first-order valence-corrected chi connectivity index (χ1v) is 7.46. The first kappa shape index (κ1) is 15.7. The average Bonchev–Trinajstić information content (AvgIpc) is 2.28. The molecule has 0 nitrogen and oxygen atoms in total. The number of hydrogen-bond acceptors (Lipinski definition) is 0. The lowest BCUT2D eigenvalue weighted by Crippen LogP contribution is -1.99. The molecule has 0 atom stereocenters. The van der Waals surface area contributed by atoms with Gasteiger partial charge in [-0.2, -0.15) is 0 Å². The van der Waals surface area contributed by atoms with Gasteiger partial charge in [-0.25, -0.2) is 0 Å². The summed E-state index contributed by atoms with van der Waals surface area (Å²) in [6, 6.07) is 0. The quantitative estimate of drug-likeness (QED) is 0.277. The van der Waals surface area contributed by atoms with E-state index in [-0.39, 0.29) is 0 Å². The van der Waals surface area contributed by atoms with Gasteiger partial charge in [-0.3, -0.25) is 0 Å². The van der Waals surface area contributed by atoms with Gasteiger partial charge in [0.15, 0.2) is 0 Å². The van der Waals surface area contributed by atoms with Gasteiger partial charge in [0.2, 0.25) is 0 Å². The Bertz CT molecular complexity index is 131. The smallest absolute Gasteiger partial charge is 0.0353 e. The Balaban J connectivity index is 3.28. The highest BCUT2D eigenvalue weighted by Crippen LogP contribution is 2.21. The summed E-state index contributed by atoms with van der Waals surface area (Å²) in [7, 11) is 0. The van der Waals surface area contributed by atoms with Gasteiger partial charge in [-0.1, -0.05) is 77.7 Å². The van der Waals surface area contributed by atoms with E-state index >= 15 is 0 Å². The molecule has 0 bridgehead atoms. The van der Waals surface area contributed by atoms with E-state index in [1.54, 1.807) is 0 Å². The third-order valence-electron chi connectivity index (χ3n) is 3.41. The van der Waals surface area contributed by atoms with Gasteiger partial charge in [-0.15, -0.1) is 6.58 Å². The molecular weight excluding hydrogens is 192 g/mol. The summed E-state index contributed by atoms with van der Waals surface area (Å²) in [6.07, 6.45) is 17.4. The van der Waals surface area contributed by atoms with Gasteiger partial charge in [0.05, 0.1) is 0 Å². The average molecular weight is 224 g/mol. The predicted molar refractivity (Wildman–Crippen MR) is 75.8 cm³/mol. The van der Waals surface area contributed by atoms with Gasteiger partial charge in [0.25, 0.3) is 0 Å². The van der Waals surface area contributed by atoms with E-state index in [2.05, 4.69) is 20.4 Å². The zero-order chi connectivity index (χ0) is 12.1. The normalized spacial score (nSPS) is 10.9. The Kier molecular flexibility index (Phi) is 12.6. The molecule has 0 aliphatic rings. The monoisotopic (exact) mass is 224 g/mol. The molecule has 0 radical (unpaired) electrons. The lowest BCUT2D eigenvalue weighted by atomic mass is 9.92. The molecule has 0 aromatic rings. The molecule has 0 rings (SSSR count). The van der Waals surface area contributed by atoms with Crippen LogP contribution in [0.2, 0.25) is 0 Å². The molecule has 0 amide bonds. The summed E-state index contributed by atoms with van der Waals surface area (Å²) in [5.74, 6) is 1.02. The molecule has 0 aliphatic carbocycles. The number of allylic oxidation sites excluding steroid dienone is 1. The minimum absolute atomic E-state index is 1.02. The molecule has 0 N–H and O–H groups in total. The fraction of sp³-hybridized carbons (Fsp3) is 0.875. The fourth-order valence-electron chi connectivity index (χ4n) is 2.50. The van der Waals surface area contributed by atoms with Gasteiger partial charge in [0.1, 0.15) is 0 Å². The van der Waals surface area contributed by atoms with E-state index in [1.165, 1.54) is 70.6 Å². The zero-order valence-electron chi connectivity index (χ0n) is 11.6. The van der Waals surface area contributed by atoms with Crippen LogP contribution in [0.1, 0.15) is 84.5 Å². The molecule has 0 aromatic carbocycles. The highest BCUT2D eigenvalue weighted by Gasteiger charge is 2.05. The van der Waals surface area contributed by atoms with Crippen molar-refractivity contribution in [3.63, 3.8) is 0 Å². The summed E-state index contributed by atoms with van der Waals surface area (Å²) in [5.41, 5.74) is 0. The summed E-state index contributed by atoms with van der Waals surface area (Å²) >= 11 is 0. The van der Waals surface area contributed by atoms with Crippen LogP contribution in [-0.2, 0) is 0 Å². The molecule has 96 valence electrons. The topological polar surface area (TPSA) is 0 Å². The van der Waals surface area contributed by atoms with Crippen LogP contribution in [0.4, 0.5) is 0 Å². The molecule has 0 unspecified atom stereocenters. The zero-order valence-corrected chi connectivity index (χ0v) is 11.6. The molecule has 0 aromatic heterocycles. The third-order valence-corrected chi connectivity index (χ3v) is 3.41. The van der Waals surface area contributed by atoms with E-state index < -0.39 is 0 Å². The van der Waals surface area contributed by atoms with Crippen molar-refractivity contribution in [2.75, 3.05) is 0 Å². The van der Waals surface area contributed by atoms with Crippen molar-refractivity contribution in [2.45, 2.75) is 84.5 Å². The molecule has 0 heteroatoms. The first-order valence-electron chi connectivity index (χ1n) is 7.46. The van der Waals surface area contributed by atoms with Crippen LogP contribution in [0.15, 0.2) is 12.7 Å². The van der Waals surface area contributed by atoms with Crippen LogP contribution >= 0.6 is 0 Å². The lowest BCUT2D eigenvalue weighted by Gasteiger charge is -2.14. The molecular formula is C16H32. The van der Waals surface area contributed by atoms with Crippen molar-refractivity contribution in [3.05, 3.63) is 12.7 Å². The maximum absolute atomic E-state index is 3.76. The Hall–Kier alpha value is -0.260. The number of unbranched alkanes of at least 4 members (excludes halogenated alkanes) is 5. The first-order chi connectivity index (χ1) is 7.85. The molecule has 0 aliphatic heterocycles. The summed E-state index contributed by atoms with van der Waals surface area (Å²) in [6.45, 7) is 8.39. The molecule has 0 saturated heterocycles. The molecule has 0 fully saturated rings. The van der Waals surface area contributed by atoms with Gasteiger partial charge < -0.3 is 0 Å². The summed E-state index contributed by atoms with van der Waals surface area (Å²) in [4.78, 5) is 0. The standard InChI is InChI=1S/C16H32/c1-4-7-8-9-10-11-12-15-16(13-5-2)14-6-3/h4,16H,1,5-15H2,2-3H3. The van der Waals surface area contributed by atoms with Crippen LogP contribution in [0.3, 0.4) is 0 Å². The number of rotatable bonds is 12. The number of hydrogen-bond donors (Lipinski definition) is 0. The van der Waals surface area contributed by atoms with Crippen molar-refractivity contribution >= 4 is 0 Å².